The van der Waals surface area contributed by atoms with Crippen molar-refractivity contribution in [2.75, 3.05) is 0 Å². The minimum atomic E-state index is 0.780. The molecule has 0 amide bonds. The molecule has 0 N–H and O–H groups in total. The van der Waals surface area contributed by atoms with Gasteiger partial charge in [-0.15, -0.1) is 11.8 Å². The Balaban J connectivity index is 3.19. The zero-order valence-electron chi connectivity index (χ0n) is 5.99. The molecule has 0 aliphatic carbocycles. The summed E-state index contributed by atoms with van der Waals surface area (Å²) in [5.74, 6) is 6.71. The normalized spacial score (nSPS) is 11.9. The molecule has 0 aromatic heterocycles. The Morgan fingerprint density at radius 1 is 1.50 bits per heavy atom. The third-order valence-electron chi connectivity index (χ3n) is 1.32. The van der Waals surface area contributed by atoms with Crippen molar-refractivity contribution in [3.05, 3.63) is 0 Å². The summed E-state index contributed by atoms with van der Waals surface area (Å²) in [6, 6.07) is 0. The van der Waals surface area contributed by atoms with Crippen LogP contribution in [-0.2, 0) is 0 Å². The van der Waals surface area contributed by atoms with E-state index in [0.717, 1.165) is 12.3 Å². The number of hydrogen-bond donors (Lipinski definition) is 0. The van der Waals surface area contributed by atoms with E-state index in [4.69, 9.17) is 0 Å². The van der Waals surface area contributed by atoms with Crippen LogP contribution in [0.3, 0.4) is 0 Å². The van der Waals surface area contributed by atoms with Gasteiger partial charge in [0.2, 0.25) is 0 Å². The molecule has 0 spiro atoms. The molecule has 0 radical (unpaired) electrons. The summed E-state index contributed by atoms with van der Waals surface area (Å²) in [6.07, 6.45) is 2.31. The van der Waals surface area contributed by atoms with Gasteiger partial charge in [-0.05, 0) is 12.8 Å². The van der Waals surface area contributed by atoms with Gasteiger partial charge in [0.05, 0.1) is 0 Å². The highest BCUT2D eigenvalue weighted by molar-refractivity contribution is 4.95. The maximum Gasteiger partial charge on any atom is 0.0114 e. The number of hydrogen-bond acceptors (Lipinski definition) is 0. The van der Waals surface area contributed by atoms with Crippen LogP contribution >= 0.6 is 0 Å². The van der Waals surface area contributed by atoms with Gasteiger partial charge in [0, 0.05) is 6.42 Å². The predicted molar refractivity (Wildman–Crippen MR) is 37.5 cm³/mol. The lowest BCUT2D eigenvalue weighted by atomic mass is 10.1. The first-order valence-electron chi connectivity index (χ1n) is 3.20. The van der Waals surface area contributed by atoms with Crippen LogP contribution in [0.4, 0.5) is 0 Å². The van der Waals surface area contributed by atoms with Crippen LogP contribution in [0.25, 0.3) is 0 Å². The van der Waals surface area contributed by atoms with Crippen LogP contribution in [0.15, 0.2) is 0 Å². The van der Waals surface area contributed by atoms with Crippen LogP contribution in [0.2, 0.25) is 0 Å². The Morgan fingerprint density at radius 2 is 2.12 bits per heavy atom. The summed E-state index contributed by atoms with van der Waals surface area (Å²) < 4.78 is 0. The first-order chi connectivity index (χ1) is 3.81. The van der Waals surface area contributed by atoms with E-state index < -0.39 is 0 Å². The molecule has 46 valence electrons. The minimum absolute atomic E-state index is 0.780. The molecular weight excluding hydrogens is 96.1 g/mol. The molecule has 0 heteroatoms. The summed E-state index contributed by atoms with van der Waals surface area (Å²) >= 11 is 0. The first-order valence-corrected chi connectivity index (χ1v) is 3.20. The standard InChI is InChI=1S/C8H14/c1-4-6-7-8(3)5-2/h8H,5,7H2,1-3H3. The molecule has 0 saturated heterocycles. The number of rotatable bonds is 2. The van der Waals surface area contributed by atoms with Crippen molar-refractivity contribution in [1.29, 1.82) is 0 Å². The monoisotopic (exact) mass is 110 g/mol. The third kappa shape index (κ3) is 3.74. The molecule has 8 heavy (non-hydrogen) atoms. The maximum atomic E-state index is 3.05. The second kappa shape index (κ2) is 4.71. The van der Waals surface area contributed by atoms with Crippen molar-refractivity contribution in [2.24, 2.45) is 5.92 Å². The molecule has 0 rings (SSSR count). The van der Waals surface area contributed by atoms with Crippen molar-refractivity contribution in [3.63, 3.8) is 0 Å². The van der Waals surface area contributed by atoms with Crippen molar-refractivity contribution >= 4 is 0 Å². The minimum Gasteiger partial charge on any atom is -0.107 e. The molecule has 0 bridgehead atoms. The topological polar surface area (TPSA) is 0 Å². The fourth-order valence-electron chi connectivity index (χ4n) is 0.421. The highest BCUT2D eigenvalue weighted by atomic mass is 14.0. The van der Waals surface area contributed by atoms with Crippen LogP contribution in [0.1, 0.15) is 33.6 Å². The smallest absolute Gasteiger partial charge is 0.0114 e. The molecule has 0 fully saturated rings. The lowest BCUT2D eigenvalue weighted by Crippen LogP contribution is -1.87. The van der Waals surface area contributed by atoms with Gasteiger partial charge in [-0.25, -0.2) is 0 Å². The van der Waals surface area contributed by atoms with Gasteiger partial charge in [0.25, 0.3) is 0 Å². The van der Waals surface area contributed by atoms with Crippen molar-refractivity contribution in [2.45, 2.75) is 33.6 Å². The van der Waals surface area contributed by atoms with Crippen LogP contribution in [0.5, 0.6) is 0 Å². The molecule has 0 aromatic carbocycles. The average Bonchev–Trinajstić information content (AvgIpc) is 1.83. The molecule has 1 unspecified atom stereocenters. The Hall–Kier alpha value is -0.440. The van der Waals surface area contributed by atoms with Gasteiger partial charge in [0.1, 0.15) is 0 Å². The summed E-state index contributed by atoms with van der Waals surface area (Å²) in [5, 5.41) is 0. The van der Waals surface area contributed by atoms with Crippen molar-refractivity contribution < 1.29 is 0 Å². The summed E-state index contributed by atoms with van der Waals surface area (Å²) in [7, 11) is 0. The average molecular weight is 110 g/mol. The first kappa shape index (κ1) is 7.56. The third-order valence-corrected chi connectivity index (χ3v) is 1.32. The van der Waals surface area contributed by atoms with Crippen molar-refractivity contribution in [1.82, 2.24) is 0 Å². The zero-order valence-corrected chi connectivity index (χ0v) is 5.99. The second-order valence-electron chi connectivity index (χ2n) is 2.14. The quantitative estimate of drug-likeness (QED) is 0.479. The predicted octanol–water partition coefficient (Wildman–Crippen LogP) is 2.45. The second-order valence-corrected chi connectivity index (χ2v) is 2.14. The van der Waals surface area contributed by atoms with Gasteiger partial charge in [-0.2, -0.15) is 0 Å². The molecule has 0 aliphatic heterocycles. The molecular formula is C8H14. The molecule has 0 nitrogen and oxygen atoms in total. The van der Waals surface area contributed by atoms with E-state index in [1.54, 1.807) is 0 Å². The largest absolute Gasteiger partial charge is 0.107 e. The Labute approximate surface area is 52.3 Å². The van der Waals surface area contributed by atoms with Gasteiger partial charge in [-0.3, -0.25) is 0 Å². The van der Waals surface area contributed by atoms with E-state index in [2.05, 4.69) is 25.7 Å². The highest BCUT2D eigenvalue weighted by Gasteiger charge is 1.91. The molecule has 0 aliphatic rings. The molecule has 0 heterocycles. The lowest BCUT2D eigenvalue weighted by Gasteiger charge is -1.98. The van der Waals surface area contributed by atoms with E-state index in [-0.39, 0.29) is 0 Å². The summed E-state index contributed by atoms with van der Waals surface area (Å²) in [4.78, 5) is 0. The van der Waals surface area contributed by atoms with Gasteiger partial charge in [0.15, 0.2) is 0 Å². The van der Waals surface area contributed by atoms with Crippen LogP contribution in [-0.4, -0.2) is 0 Å². The van der Waals surface area contributed by atoms with E-state index in [0.29, 0.717) is 0 Å². The highest BCUT2D eigenvalue weighted by Crippen LogP contribution is 2.03. The van der Waals surface area contributed by atoms with E-state index in [9.17, 15) is 0 Å². The molecule has 0 aromatic rings. The van der Waals surface area contributed by atoms with E-state index >= 15 is 0 Å². The SMILES string of the molecule is CC#CCC(C)CC. The fourth-order valence-corrected chi connectivity index (χ4v) is 0.421. The van der Waals surface area contributed by atoms with Crippen LogP contribution in [0, 0.1) is 17.8 Å². The van der Waals surface area contributed by atoms with E-state index in [1.807, 2.05) is 6.92 Å². The summed E-state index contributed by atoms with van der Waals surface area (Å²) in [6.45, 7) is 6.31. The maximum absolute atomic E-state index is 3.05. The Morgan fingerprint density at radius 3 is 2.50 bits per heavy atom. The Bertz CT molecular complexity index is 92.3. The fraction of sp³-hybridized carbons (Fsp3) is 0.750. The van der Waals surface area contributed by atoms with Crippen LogP contribution < -0.4 is 0 Å². The van der Waals surface area contributed by atoms with Gasteiger partial charge < -0.3 is 0 Å². The van der Waals surface area contributed by atoms with Gasteiger partial charge >= 0.3 is 0 Å². The van der Waals surface area contributed by atoms with Gasteiger partial charge in [-0.1, -0.05) is 20.3 Å². The summed E-state index contributed by atoms with van der Waals surface area (Å²) in [5.41, 5.74) is 0. The van der Waals surface area contributed by atoms with E-state index in [1.165, 1.54) is 6.42 Å². The molecule has 1 atom stereocenters. The molecule has 0 saturated carbocycles. The lowest BCUT2D eigenvalue weighted by molar-refractivity contribution is 0.580. The Kier molecular flexibility index (Phi) is 4.45. The zero-order chi connectivity index (χ0) is 6.41. The van der Waals surface area contributed by atoms with Crippen molar-refractivity contribution in [3.8, 4) is 11.8 Å².